The molecule has 5 amide bonds. The zero-order chi connectivity index (χ0) is 29.6. The van der Waals surface area contributed by atoms with E-state index in [0.717, 1.165) is 4.90 Å². The molecule has 10 nitrogen and oxygen atoms in total. The van der Waals surface area contributed by atoms with Crippen LogP contribution in [-0.2, 0) is 15.8 Å². The maximum Gasteiger partial charge on any atom is 0.416 e. The number of carbonyl (C=O) groups is 4. The minimum atomic E-state index is -4.80. The van der Waals surface area contributed by atoms with Gasteiger partial charge in [0.25, 0.3) is 11.8 Å². The maximum absolute atomic E-state index is 14.3. The number of H-pyrrole nitrogens is 1. The van der Waals surface area contributed by atoms with Crippen LogP contribution in [0.5, 0.6) is 0 Å². The number of alkyl halides is 3. The standard InChI is InChI=1S/C26H27F4N5O5/c1-14(2)20(32-21(37)17-12-15(26(28,29)30)4-6-18(17)27)22(38)34-10-8-25(9-11-34)23(39)33(3)24(40)35(25)16-5-7-19(36)31-13-16/h4-7,12-14,20H,8-11H2,1-3H3,(H,31,36)(H,32,37)/t20-/m1/s1. The highest BCUT2D eigenvalue weighted by Gasteiger charge is 2.58. The summed E-state index contributed by atoms with van der Waals surface area (Å²) in [5.41, 5.74) is -3.45. The average Bonchev–Trinajstić information content (AvgIpc) is 3.07. The molecule has 2 aliphatic rings. The number of rotatable bonds is 5. The molecule has 0 bridgehead atoms. The van der Waals surface area contributed by atoms with Crippen molar-refractivity contribution in [2.75, 3.05) is 25.0 Å². The number of pyridine rings is 1. The molecule has 0 unspecified atom stereocenters. The van der Waals surface area contributed by atoms with Gasteiger partial charge in [0, 0.05) is 32.4 Å². The predicted octanol–water partition coefficient (Wildman–Crippen LogP) is 2.75. The molecular formula is C26H27F4N5O5. The number of hydrogen-bond donors (Lipinski definition) is 2. The largest absolute Gasteiger partial charge is 0.416 e. The molecule has 1 aromatic carbocycles. The number of anilines is 1. The number of benzene rings is 1. The second-order valence-corrected chi connectivity index (χ2v) is 10.1. The number of piperidine rings is 1. The molecule has 2 fully saturated rings. The summed E-state index contributed by atoms with van der Waals surface area (Å²) in [6, 6.07) is 2.30. The molecule has 2 N–H and O–H groups in total. The van der Waals surface area contributed by atoms with Gasteiger partial charge < -0.3 is 15.2 Å². The van der Waals surface area contributed by atoms with Gasteiger partial charge in [0.05, 0.1) is 16.8 Å². The van der Waals surface area contributed by atoms with Gasteiger partial charge in [-0.2, -0.15) is 13.2 Å². The number of carbonyl (C=O) groups excluding carboxylic acids is 4. The number of nitrogens with one attached hydrogen (secondary N) is 2. The fraction of sp³-hybridized carbons (Fsp3) is 0.423. The summed E-state index contributed by atoms with van der Waals surface area (Å²) in [6.45, 7) is 3.26. The normalized spacial score (nSPS) is 18.1. The topological polar surface area (TPSA) is 123 Å². The number of aromatic amines is 1. The van der Waals surface area contributed by atoms with Crippen molar-refractivity contribution in [2.45, 2.75) is 44.4 Å². The average molecular weight is 566 g/mol. The quantitative estimate of drug-likeness (QED) is 0.427. The number of likely N-dealkylation sites (tertiary alicyclic amines) is 1. The minimum Gasteiger partial charge on any atom is -0.341 e. The van der Waals surface area contributed by atoms with Crippen LogP contribution in [0.25, 0.3) is 0 Å². The first-order valence-corrected chi connectivity index (χ1v) is 12.4. The Hall–Kier alpha value is -4.23. The number of halogens is 4. The van der Waals surface area contributed by atoms with Crippen molar-refractivity contribution in [3.05, 3.63) is 63.8 Å². The summed E-state index contributed by atoms with van der Waals surface area (Å²) < 4.78 is 53.6. The van der Waals surface area contributed by atoms with E-state index < -0.39 is 69.9 Å². The molecule has 2 aliphatic heterocycles. The van der Waals surface area contributed by atoms with E-state index in [-0.39, 0.29) is 25.9 Å². The van der Waals surface area contributed by atoms with E-state index >= 15 is 0 Å². The molecule has 1 aromatic heterocycles. The SMILES string of the molecule is CC(C)[C@@H](NC(=O)c1cc(C(F)(F)F)ccc1F)C(=O)N1CCC2(CC1)C(=O)N(C)C(=O)N2c1ccc(=O)[nH]c1. The van der Waals surface area contributed by atoms with Crippen LogP contribution in [0.3, 0.4) is 0 Å². The van der Waals surface area contributed by atoms with E-state index in [9.17, 15) is 41.5 Å². The number of urea groups is 1. The van der Waals surface area contributed by atoms with Gasteiger partial charge in [-0.15, -0.1) is 0 Å². The summed E-state index contributed by atoms with van der Waals surface area (Å²) in [7, 11) is 1.34. The highest BCUT2D eigenvalue weighted by Crippen LogP contribution is 2.40. The second-order valence-electron chi connectivity index (χ2n) is 10.1. The van der Waals surface area contributed by atoms with Gasteiger partial charge >= 0.3 is 12.2 Å². The molecule has 40 heavy (non-hydrogen) atoms. The number of nitrogens with zero attached hydrogens (tertiary/aromatic N) is 3. The summed E-state index contributed by atoms with van der Waals surface area (Å²) >= 11 is 0. The fourth-order valence-corrected chi connectivity index (χ4v) is 5.07. The van der Waals surface area contributed by atoms with Crippen molar-refractivity contribution in [3.8, 4) is 0 Å². The summed E-state index contributed by atoms with van der Waals surface area (Å²) in [4.78, 5) is 70.1. The Morgan fingerprint density at radius 3 is 2.25 bits per heavy atom. The number of likely N-dealkylation sites (N-methyl/N-ethyl adjacent to an activating group) is 1. The predicted molar refractivity (Wildman–Crippen MR) is 134 cm³/mol. The first-order chi connectivity index (χ1) is 18.7. The first-order valence-electron chi connectivity index (χ1n) is 12.4. The van der Waals surface area contributed by atoms with Crippen LogP contribution in [0.2, 0.25) is 0 Å². The number of aromatic nitrogens is 1. The molecule has 3 heterocycles. The Morgan fingerprint density at radius 1 is 1.05 bits per heavy atom. The lowest BCUT2D eigenvalue weighted by molar-refractivity contribution is -0.139. The number of imide groups is 1. The molecule has 2 saturated heterocycles. The fourth-order valence-electron chi connectivity index (χ4n) is 5.07. The summed E-state index contributed by atoms with van der Waals surface area (Å²) in [6.07, 6.45) is -3.37. The Balaban J connectivity index is 1.53. The van der Waals surface area contributed by atoms with Crippen molar-refractivity contribution in [3.63, 3.8) is 0 Å². The Morgan fingerprint density at radius 2 is 1.70 bits per heavy atom. The number of amides is 5. The smallest absolute Gasteiger partial charge is 0.341 e. The van der Waals surface area contributed by atoms with Crippen molar-refractivity contribution >= 4 is 29.4 Å². The van der Waals surface area contributed by atoms with Crippen LogP contribution in [0, 0.1) is 11.7 Å². The van der Waals surface area contributed by atoms with Gasteiger partial charge in [-0.25, -0.2) is 9.18 Å². The molecule has 214 valence electrons. The van der Waals surface area contributed by atoms with Crippen molar-refractivity contribution in [1.82, 2.24) is 20.1 Å². The molecule has 0 radical (unpaired) electrons. The van der Waals surface area contributed by atoms with E-state index in [4.69, 9.17) is 0 Å². The Bertz CT molecular complexity index is 1390. The van der Waals surface area contributed by atoms with Crippen LogP contribution in [0.1, 0.15) is 42.6 Å². The molecule has 1 atom stereocenters. The van der Waals surface area contributed by atoms with Gasteiger partial charge in [0.2, 0.25) is 11.5 Å². The molecule has 4 rings (SSSR count). The summed E-state index contributed by atoms with van der Waals surface area (Å²) in [5.74, 6) is -3.89. The Labute approximate surface area is 225 Å². The minimum absolute atomic E-state index is 0.0164. The molecule has 0 saturated carbocycles. The van der Waals surface area contributed by atoms with Crippen LogP contribution < -0.4 is 15.8 Å². The third-order valence-corrected chi connectivity index (χ3v) is 7.29. The molecule has 2 aromatic rings. The monoisotopic (exact) mass is 565 g/mol. The number of hydrogen-bond acceptors (Lipinski definition) is 5. The van der Waals surface area contributed by atoms with Gasteiger partial charge in [-0.3, -0.25) is 29.0 Å². The van der Waals surface area contributed by atoms with E-state index in [0.29, 0.717) is 23.9 Å². The molecule has 14 heteroatoms. The highest BCUT2D eigenvalue weighted by molar-refractivity contribution is 6.16. The van der Waals surface area contributed by atoms with Crippen molar-refractivity contribution < 1.29 is 36.7 Å². The van der Waals surface area contributed by atoms with E-state index in [1.807, 2.05) is 0 Å². The zero-order valence-corrected chi connectivity index (χ0v) is 21.8. The van der Waals surface area contributed by atoms with Gasteiger partial charge in [-0.1, -0.05) is 13.8 Å². The Kier molecular flexibility index (Phi) is 7.47. The lowest BCUT2D eigenvalue weighted by Crippen LogP contribution is -2.60. The van der Waals surface area contributed by atoms with Crippen molar-refractivity contribution in [2.24, 2.45) is 5.92 Å². The lowest BCUT2D eigenvalue weighted by Gasteiger charge is -2.43. The maximum atomic E-state index is 14.3. The second kappa shape index (κ2) is 10.4. The molecule has 0 aliphatic carbocycles. The van der Waals surface area contributed by atoms with E-state index in [1.54, 1.807) is 13.8 Å². The van der Waals surface area contributed by atoms with Crippen LogP contribution >= 0.6 is 0 Å². The van der Waals surface area contributed by atoms with Gasteiger partial charge in [-0.05, 0) is 43.0 Å². The van der Waals surface area contributed by atoms with Crippen LogP contribution in [-0.4, -0.2) is 70.3 Å². The highest BCUT2D eigenvalue weighted by atomic mass is 19.4. The zero-order valence-electron chi connectivity index (χ0n) is 21.8. The first kappa shape index (κ1) is 28.8. The van der Waals surface area contributed by atoms with Gasteiger partial charge in [0.15, 0.2) is 0 Å². The molecular weight excluding hydrogens is 538 g/mol. The van der Waals surface area contributed by atoms with Crippen molar-refractivity contribution in [1.29, 1.82) is 0 Å². The summed E-state index contributed by atoms with van der Waals surface area (Å²) in [5, 5.41) is 2.36. The third kappa shape index (κ3) is 5.05. The van der Waals surface area contributed by atoms with Crippen LogP contribution in [0.15, 0.2) is 41.3 Å². The van der Waals surface area contributed by atoms with Crippen LogP contribution in [0.4, 0.5) is 28.0 Å². The lowest BCUT2D eigenvalue weighted by atomic mass is 9.85. The van der Waals surface area contributed by atoms with E-state index in [1.165, 1.54) is 35.2 Å². The third-order valence-electron chi connectivity index (χ3n) is 7.29. The molecule has 1 spiro atoms. The van der Waals surface area contributed by atoms with E-state index in [2.05, 4.69) is 10.3 Å². The van der Waals surface area contributed by atoms with Gasteiger partial charge in [0.1, 0.15) is 17.4 Å².